The fourth-order valence-corrected chi connectivity index (χ4v) is 2.86. The zero-order chi connectivity index (χ0) is 12.2. The van der Waals surface area contributed by atoms with Crippen molar-refractivity contribution in [2.24, 2.45) is 0 Å². The number of hydrogen-bond acceptors (Lipinski definition) is 2. The first kappa shape index (κ1) is 14.3. The first-order valence-corrected chi connectivity index (χ1v) is 6.58. The third-order valence-corrected chi connectivity index (χ3v) is 4.28. The fraction of sp³-hybridized carbons (Fsp3) is 0.556. The molecule has 0 atom stereocenters. The van der Waals surface area contributed by atoms with E-state index in [1.165, 1.54) is 11.3 Å². The molecule has 0 saturated carbocycles. The molecule has 0 aliphatic heterocycles. The Morgan fingerprint density at radius 1 is 1.44 bits per heavy atom. The maximum Gasteiger partial charge on any atom is 0.389 e. The minimum Gasteiger partial charge on any atom is -0.312 e. The quantitative estimate of drug-likeness (QED) is 0.775. The molecule has 0 radical (unpaired) electrons. The van der Waals surface area contributed by atoms with E-state index in [9.17, 15) is 13.2 Å². The van der Waals surface area contributed by atoms with E-state index in [2.05, 4.69) is 21.2 Å². The Kier molecular flexibility index (Phi) is 5.56. The van der Waals surface area contributed by atoms with Crippen LogP contribution in [0.1, 0.15) is 17.7 Å². The lowest BCUT2D eigenvalue weighted by atomic mass is 10.3. The monoisotopic (exact) mass is 335 g/mol. The van der Waals surface area contributed by atoms with E-state index in [1.54, 1.807) is 0 Å². The minimum absolute atomic E-state index is 0.101. The Hall–Kier alpha value is 0.220. The average molecular weight is 337 g/mol. The Morgan fingerprint density at radius 3 is 2.62 bits per heavy atom. The maximum absolute atomic E-state index is 11.8. The molecule has 1 nitrogen and oxygen atoms in total. The molecule has 0 aromatic carbocycles. The molecular formula is C9H10BrClF3NS. The molecule has 1 heterocycles. The van der Waals surface area contributed by atoms with Crippen molar-refractivity contribution < 1.29 is 13.2 Å². The van der Waals surface area contributed by atoms with Gasteiger partial charge in [0.1, 0.15) is 4.34 Å². The molecule has 0 amide bonds. The van der Waals surface area contributed by atoms with Gasteiger partial charge >= 0.3 is 6.18 Å². The van der Waals surface area contributed by atoms with Gasteiger partial charge in [0.25, 0.3) is 0 Å². The molecule has 1 aromatic rings. The molecule has 0 aliphatic carbocycles. The summed E-state index contributed by atoms with van der Waals surface area (Å²) in [5.41, 5.74) is 0. The van der Waals surface area contributed by atoms with Crippen molar-refractivity contribution >= 4 is 38.9 Å². The van der Waals surface area contributed by atoms with Gasteiger partial charge in [-0.2, -0.15) is 13.2 Å². The van der Waals surface area contributed by atoms with Gasteiger partial charge in [0, 0.05) is 22.3 Å². The van der Waals surface area contributed by atoms with Gasteiger partial charge in [-0.25, -0.2) is 0 Å². The van der Waals surface area contributed by atoms with Crippen LogP contribution in [0.5, 0.6) is 0 Å². The molecule has 0 bridgehead atoms. The van der Waals surface area contributed by atoms with Crippen LogP contribution in [0.4, 0.5) is 13.2 Å². The summed E-state index contributed by atoms with van der Waals surface area (Å²) in [6.45, 7) is 0.903. The summed E-state index contributed by atoms with van der Waals surface area (Å²) < 4.78 is 36.9. The molecule has 0 spiro atoms. The maximum atomic E-state index is 11.8. The van der Waals surface area contributed by atoms with Crippen molar-refractivity contribution in [3.05, 3.63) is 19.8 Å². The molecule has 1 rings (SSSR count). The second kappa shape index (κ2) is 6.23. The standard InChI is InChI=1S/C9H10BrClF3NS/c10-7-4-6(16-8(7)11)5-15-3-1-2-9(12,13)14/h4,15H,1-3,5H2. The third kappa shape index (κ3) is 5.52. The van der Waals surface area contributed by atoms with Crippen LogP contribution in [-0.2, 0) is 6.54 Å². The van der Waals surface area contributed by atoms with Gasteiger partial charge in [0.05, 0.1) is 0 Å². The fourth-order valence-electron chi connectivity index (χ4n) is 1.10. The molecule has 92 valence electrons. The number of rotatable bonds is 5. The van der Waals surface area contributed by atoms with Crippen LogP contribution in [0.3, 0.4) is 0 Å². The minimum atomic E-state index is -4.06. The zero-order valence-electron chi connectivity index (χ0n) is 8.20. The Bertz CT molecular complexity index is 320. The first-order chi connectivity index (χ1) is 7.38. The molecule has 0 aliphatic rings. The first-order valence-electron chi connectivity index (χ1n) is 4.59. The average Bonchev–Trinajstić information content (AvgIpc) is 2.44. The van der Waals surface area contributed by atoms with Gasteiger partial charge in [-0.1, -0.05) is 11.6 Å². The summed E-state index contributed by atoms with van der Waals surface area (Å²) in [6, 6.07) is 1.86. The predicted octanol–water partition coefficient (Wildman–Crippen LogP) is 4.60. The van der Waals surface area contributed by atoms with E-state index < -0.39 is 12.6 Å². The Morgan fingerprint density at radius 2 is 2.12 bits per heavy atom. The lowest BCUT2D eigenvalue weighted by molar-refractivity contribution is -0.135. The number of thiophene rings is 1. The molecule has 0 saturated heterocycles. The normalized spacial score (nSPS) is 12.1. The number of halogens is 5. The van der Waals surface area contributed by atoms with E-state index in [1.807, 2.05) is 6.07 Å². The van der Waals surface area contributed by atoms with E-state index in [0.717, 1.165) is 9.35 Å². The summed E-state index contributed by atoms with van der Waals surface area (Å²) in [7, 11) is 0. The van der Waals surface area contributed by atoms with Crippen LogP contribution in [0.25, 0.3) is 0 Å². The highest BCUT2D eigenvalue weighted by molar-refractivity contribution is 9.10. The molecule has 0 unspecified atom stereocenters. The molecule has 7 heteroatoms. The molecular weight excluding hydrogens is 327 g/mol. The number of alkyl halides is 3. The number of hydrogen-bond donors (Lipinski definition) is 1. The summed E-state index contributed by atoms with van der Waals surface area (Å²) in [5, 5.41) is 2.95. The molecule has 16 heavy (non-hydrogen) atoms. The molecule has 1 N–H and O–H groups in total. The highest BCUT2D eigenvalue weighted by atomic mass is 79.9. The van der Waals surface area contributed by atoms with Crippen LogP contribution in [0.15, 0.2) is 10.5 Å². The highest BCUT2D eigenvalue weighted by Crippen LogP contribution is 2.31. The van der Waals surface area contributed by atoms with Crippen LogP contribution in [0.2, 0.25) is 4.34 Å². The lowest BCUT2D eigenvalue weighted by Gasteiger charge is -2.06. The Labute approximate surface area is 109 Å². The van der Waals surface area contributed by atoms with E-state index >= 15 is 0 Å². The van der Waals surface area contributed by atoms with Gasteiger partial charge in [-0.05, 0) is 35.0 Å². The van der Waals surface area contributed by atoms with Gasteiger partial charge in [-0.3, -0.25) is 0 Å². The van der Waals surface area contributed by atoms with Crippen LogP contribution >= 0.6 is 38.9 Å². The van der Waals surface area contributed by atoms with Crippen molar-refractivity contribution in [1.82, 2.24) is 5.32 Å². The number of nitrogens with one attached hydrogen (secondary N) is 1. The lowest BCUT2D eigenvalue weighted by Crippen LogP contribution is -2.17. The second-order valence-corrected chi connectivity index (χ2v) is 5.82. The van der Waals surface area contributed by atoms with Crippen molar-refractivity contribution in [3.63, 3.8) is 0 Å². The molecule has 1 aromatic heterocycles. The summed E-state index contributed by atoms with van der Waals surface area (Å²) in [4.78, 5) is 1.00. The van der Waals surface area contributed by atoms with E-state index in [4.69, 9.17) is 11.6 Å². The van der Waals surface area contributed by atoms with Gasteiger partial charge in [0.2, 0.25) is 0 Å². The van der Waals surface area contributed by atoms with Gasteiger partial charge in [-0.15, -0.1) is 11.3 Å². The van der Waals surface area contributed by atoms with Crippen molar-refractivity contribution in [2.45, 2.75) is 25.6 Å². The van der Waals surface area contributed by atoms with E-state index in [0.29, 0.717) is 17.4 Å². The predicted molar refractivity (Wildman–Crippen MR) is 64.0 cm³/mol. The van der Waals surface area contributed by atoms with Crippen LogP contribution in [0, 0.1) is 0 Å². The Balaban J connectivity index is 2.16. The van der Waals surface area contributed by atoms with Crippen molar-refractivity contribution in [1.29, 1.82) is 0 Å². The third-order valence-electron chi connectivity index (χ3n) is 1.81. The van der Waals surface area contributed by atoms with Crippen LogP contribution in [-0.4, -0.2) is 12.7 Å². The zero-order valence-corrected chi connectivity index (χ0v) is 11.4. The van der Waals surface area contributed by atoms with Gasteiger partial charge in [0.15, 0.2) is 0 Å². The second-order valence-electron chi connectivity index (χ2n) is 3.23. The van der Waals surface area contributed by atoms with Crippen molar-refractivity contribution in [3.8, 4) is 0 Å². The van der Waals surface area contributed by atoms with Gasteiger partial charge < -0.3 is 5.32 Å². The summed E-state index contributed by atoms with van der Waals surface area (Å²) in [6.07, 6.45) is -4.70. The highest BCUT2D eigenvalue weighted by Gasteiger charge is 2.25. The summed E-state index contributed by atoms with van der Waals surface area (Å²) >= 11 is 10.5. The smallest absolute Gasteiger partial charge is 0.312 e. The molecule has 0 fully saturated rings. The summed E-state index contributed by atoms with van der Waals surface area (Å²) in [5.74, 6) is 0. The van der Waals surface area contributed by atoms with Crippen molar-refractivity contribution in [2.75, 3.05) is 6.54 Å². The topological polar surface area (TPSA) is 12.0 Å². The van der Waals surface area contributed by atoms with E-state index in [-0.39, 0.29) is 6.42 Å². The van der Waals surface area contributed by atoms with Crippen LogP contribution < -0.4 is 5.32 Å². The SMILES string of the molecule is FC(F)(F)CCCNCc1cc(Br)c(Cl)s1. The largest absolute Gasteiger partial charge is 0.389 e.